The Hall–Kier alpha value is -2.70. The number of nitrogens with zero attached hydrogens (tertiary/aromatic N) is 2. The first-order valence-corrected chi connectivity index (χ1v) is 10.6. The lowest BCUT2D eigenvalue weighted by molar-refractivity contribution is -0.128. The van der Waals surface area contributed by atoms with Crippen molar-refractivity contribution in [2.45, 2.75) is 38.3 Å². The molecule has 1 heterocycles. The second-order valence-electron chi connectivity index (χ2n) is 7.89. The molecule has 0 bridgehead atoms. The summed E-state index contributed by atoms with van der Waals surface area (Å²) in [4.78, 5) is 28.2. The average molecular weight is 410 g/mol. The maximum absolute atomic E-state index is 13.0. The van der Waals surface area contributed by atoms with Crippen molar-refractivity contribution in [2.24, 2.45) is 5.73 Å². The molecule has 0 aliphatic carbocycles. The minimum absolute atomic E-state index is 0.00185. The minimum Gasteiger partial charge on any atom is -0.396 e. The van der Waals surface area contributed by atoms with Gasteiger partial charge in [-0.15, -0.1) is 0 Å². The summed E-state index contributed by atoms with van der Waals surface area (Å²) in [7, 11) is 1.74. The number of hydrogen-bond acceptors (Lipinski definition) is 4. The van der Waals surface area contributed by atoms with E-state index < -0.39 is 0 Å². The van der Waals surface area contributed by atoms with Crippen molar-refractivity contribution in [3.8, 4) is 11.1 Å². The summed E-state index contributed by atoms with van der Waals surface area (Å²) in [5.74, 6) is -0.0594. The highest BCUT2D eigenvalue weighted by Gasteiger charge is 2.26. The van der Waals surface area contributed by atoms with E-state index in [0.717, 1.165) is 42.5 Å². The quantitative estimate of drug-likeness (QED) is 0.736. The molecule has 0 radical (unpaired) electrons. The molecule has 6 heteroatoms. The zero-order valence-electron chi connectivity index (χ0n) is 17.6. The summed E-state index contributed by atoms with van der Waals surface area (Å²) in [6.45, 7) is 1.36. The summed E-state index contributed by atoms with van der Waals surface area (Å²) >= 11 is 0. The normalized spacial score (nSPS) is 16.4. The summed E-state index contributed by atoms with van der Waals surface area (Å²) in [6, 6.07) is 15.8. The maximum Gasteiger partial charge on any atom is 0.254 e. The van der Waals surface area contributed by atoms with Gasteiger partial charge in [-0.25, -0.2) is 0 Å². The van der Waals surface area contributed by atoms with Crippen LogP contribution in [0.1, 0.15) is 41.6 Å². The first kappa shape index (κ1) is 22.0. The van der Waals surface area contributed by atoms with Crippen molar-refractivity contribution in [2.75, 3.05) is 26.7 Å². The zero-order chi connectivity index (χ0) is 21.5. The number of piperidine rings is 1. The van der Waals surface area contributed by atoms with Gasteiger partial charge in [-0.3, -0.25) is 9.59 Å². The van der Waals surface area contributed by atoms with Crippen molar-refractivity contribution in [1.82, 2.24) is 9.80 Å². The van der Waals surface area contributed by atoms with Gasteiger partial charge in [0.05, 0.1) is 6.54 Å². The fourth-order valence-corrected chi connectivity index (χ4v) is 4.06. The van der Waals surface area contributed by atoms with E-state index in [0.29, 0.717) is 18.5 Å². The molecular weight excluding hydrogens is 378 g/mol. The maximum atomic E-state index is 13.0. The molecule has 0 spiro atoms. The predicted molar refractivity (Wildman–Crippen MR) is 118 cm³/mol. The summed E-state index contributed by atoms with van der Waals surface area (Å²) in [5, 5.41) is 9.31. The van der Waals surface area contributed by atoms with Gasteiger partial charge in [-0.1, -0.05) is 30.3 Å². The summed E-state index contributed by atoms with van der Waals surface area (Å²) < 4.78 is 0. The van der Waals surface area contributed by atoms with E-state index in [-0.39, 0.29) is 31.0 Å². The monoisotopic (exact) mass is 409 g/mol. The highest BCUT2D eigenvalue weighted by Crippen LogP contribution is 2.25. The van der Waals surface area contributed by atoms with Crippen LogP contribution in [0.4, 0.5) is 0 Å². The largest absolute Gasteiger partial charge is 0.396 e. The molecule has 2 amide bonds. The van der Waals surface area contributed by atoms with Crippen molar-refractivity contribution >= 4 is 11.8 Å². The minimum atomic E-state index is -0.0968. The Balaban J connectivity index is 1.73. The number of aliphatic hydroxyl groups is 1. The molecule has 1 aliphatic heterocycles. The Kier molecular flexibility index (Phi) is 7.60. The summed E-state index contributed by atoms with van der Waals surface area (Å²) in [6.07, 6.45) is 3.71. The van der Waals surface area contributed by atoms with Crippen molar-refractivity contribution < 1.29 is 14.7 Å². The molecule has 0 aromatic heterocycles. The van der Waals surface area contributed by atoms with Gasteiger partial charge in [0.25, 0.3) is 5.91 Å². The van der Waals surface area contributed by atoms with E-state index in [1.807, 2.05) is 47.4 Å². The number of likely N-dealkylation sites (N-methyl/N-ethyl adjacent to an activating group) is 1. The second kappa shape index (κ2) is 10.4. The van der Waals surface area contributed by atoms with Crippen LogP contribution in [0.2, 0.25) is 0 Å². The van der Waals surface area contributed by atoms with Crippen LogP contribution in [0.3, 0.4) is 0 Å². The molecule has 6 nitrogen and oxygen atoms in total. The van der Waals surface area contributed by atoms with Crippen LogP contribution >= 0.6 is 0 Å². The van der Waals surface area contributed by atoms with E-state index in [4.69, 9.17) is 5.73 Å². The van der Waals surface area contributed by atoms with Crippen molar-refractivity contribution in [3.05, 3.63) is 59.7 Å². The molecule has 0 saturated carbocycles. The van der Waals surface area contributed by atoms with Gasteiger partial charge in [0, 0.05) is 38.3 Å². The van der Waals surface area contributed by atoms with Crippen LogP contribution in [0.5, 0.6) is 0 Å². The molecule has 1 atom stereocenters. The lowest BCUT2D eigenvalue weighted by Gasteiger charge is -2.35. The topological polar surface area (TPSA) is 86.9 Å². The molecule has 3 rings (SSSR count). The van der Waals surface area contributed by atoms with E-state index in [9.17, 15) is 14.7 Å². The summed E-state index contributed by atoms with van der Waals surface area (Å²) in [5.41, 5.74) is 9.19. The Morgan fingerprint density at radius 2 is 1.90 bits per heavy atom. The zero-order valence-corrected chi connectivity index (χ0v) is 17.6. The molecule has 1 saturated heterocycles. The number of nitrogens with two attached hydrogens (primary N) is 1. The van der Waals surface area contributed by atoms with E-state index in [1.54, 1.807) is 11.9 Å². The van der Waals surface area contributed by atoms with Gasteiger partial charge < -0.3 is 20.6 Å². The van der Waals surface area contributed by atoms with Gasteiger partial charge in [-0.2, -0.15) is 0 Å². The van der Waals surface area contributed by atoms with Crippen LogP contribution < -0.4 is 5.73 Å². The molecule has 1 fully saturated rings. The smallest absolute Gasteiger partial charge is 0.254 e. The van der Waals surface area contributed by atoms with Gasteiger partial charge in [-0.05, 0) is 60.6 Å². The van der Waals surface area contributed by atoms with E-state index in [2.05, 4.69) is 6.07 Å². The standard InChI is InChI=1S/C24H31N3O3/c1-26(23(29)16-25)17-18-5-4-6-21(15-18)19-8-10-20(11-9-19)24(30)27-13-3-2-7-22(27)12-14-28/h4-6,8-11,15,22,28H,2-3,7,12-14,16-17,25H2,1H3. The first-order chi connectivity index (χ1) is 14.5. The SMILES string of the molecule is CN(Cc1cccc(-c2ccc(C(=O)N3CCCCC3CCO)cc2)c1)C(=O)CN. The van der Waals surface area contributed by atoms with Crippen LogP contribution in [-0.4, -0.2) is 59.5 Å². The number of benzene rings is 2. The fourth-order valence-electron chi connectivity index (χ4n) is 4.06. The number of carbonyl (C=O) groups excluding carboxylic acids is 2. The lowest BCUT2D eigenvalue weighted by atomic mass is 9.97. The number of hydrogen-bond donors (Lipinski definition) is 2. The molecule has 1 aliphatic rings. The third-order valence-electron chi connectivity index (χ3n) is 5.76. The highest BCUT2D eigenvalue weighted by molar-refractivity contribution is 5.95. The molecular formula is C24H31N3O3. The molecule has 30 heavy (non-hydrogen) atoms. The van der Waals surface area contributed by atoms with Crippen molar-refractivity contribution in [3.63, 3.8) is 0 Å². The number of carbonyl (C=O) groups is 2. The third-order valence-corrected chi connectivity index (χ3v) is 5.76. The Bertz CT molecular complexity index is 864. The van der Waals surface area contributed by atoms with Crippen LogP contribution in [-0.2, 0) is 11.3 Å². The number of likely N-dealkylation sites (tertiary alicyclic amines) is 1. The Labute approximate surface area is 178 Å². The van der Waals surface area contributed by atoms with Gasteiger partial charge in [0.15, 0.2) is 0 Å². The average Bonchev–Trinajstić information content (AvgIpc) is 2.79. The Morgan fingerprint density at radius 1 is 1.13 bits per heavy atom. The van der Waals surface area contributed by atoms with Gasteiger partial charge in [0.2, 0.25) is 5.91 Å². The van der Waals surface area contributed by atoms with Crippen LogP contribution in [0.25, 0.3) is 11.1 Å². The third kappa shape index (κ3) is 5.26. The number of rotatable bonds is 7. The fraction of sp³-hybridized carbons (Fsp3) is 0.417. The van der Waals surface area contributed by atoms with Gasteiger partial charge >= 0.3 is 0 Å². The number of aliphatic hydroxyl groups excluding tert-OH is 1. The van der Waals surface area contributed by atoms with Crippen LogP contribution in [0.15, 0.2) is 48.5 Å². The highest BCUT2D eigenvalue weighted by atomic mass is 16.3. The Morgan fingerprint density at radius 3 is 2.60 bits per heavy atom. The van der Waals surface area contributed by atoms with E-state index in [1.165, 1.54) is 0 Å². The first-order valence-electron chi connectivity index (χ1n) is 10.6. The molecule has 3 N–H and O–H groups in total. The number of amides is 2. The molecule has 2 aromatic rings. The van der Waals surface area contributed by atoms with Crippen molar-refractivity contribution in [1.29, 1.82) is 0 Å². The molecule has 2 aromatic carbocycles. The van der Waals surface area contributed by atoms with Gasteiger partial charge in [0.1, 0.15) is 0 Å². The molecule has 160 valence electrons. The lowest BCUT2D eigenvalue weighted by Crippen LogP contribution is -2.44. The molecule has 1 unspecified atom stereocenters. The second-order valence-corrected chi connectivity index (χ2v) is 7.89. The predicted octanol–water partition coefficient (Wildman–Crippen LogP) is 2.65. The van der Waals surface area contributed by atoms with Crippen LogP contribution in [0, 0.1) is 0 Å². The van der Waals surface area contributed by atoms with E-state index >= 15 is 0 Å².